The second kappa shape index (κ2) is 6.44. The molecule has 0 radical (unpaired) electrons. The molecule has 0 saturated carbocycles. The van der Waals surface area contributed by atoms with E-state index in [-0.39, 0.29) is 6.61 Å². The van der Waals surface area contributed by atoms with Crippen molar-refractivity contribution >= 4 is 0 Å². The fraction of sp³-hybridized carbons (Fsp3) is 0.818. The minimum absolute atomic E-state index is 0.249. The molecule has 0 bridgehead atoms. The third kappa shape index (κ3) is 3.48. The highest BCUT2D eigenvalue weighted by atomic mass is 16.7. The van der Waals surface area contributed by atoms with Crippen LogP contribution in [0, 0.1) is 0 Å². The van der Waals surface area contributed by atoms with E-state index >= 15 is 0 Å². The Morgan fingerprint density at radius 3 is 2.41 bits per heavy atom. The van der Waals surface area contributed by atoms with Crippen LogP contribution in [0.15, 0.2) is 11.6 Å². The maximum Gasteiger partial charge on any atom is 0.187 e. The second-order valence-electron chi connectivity index (χ2n) is 4.14. The van der Waals surface area contributed by atoms with E-state index in [4.69, 9.17) is 14.6 Å². The van der Waals surface area contributed by atoms with E-state index in [9.17, 15) is 15.3 Å². The molecule has 1 aliphatic rings. The molecule has 100 valence electrons. The molecule has 0 aromatic carbocycles. The molecule has 6 nitrogen and oxygen atoms in total. The lowest BCUT2D eigenvalue weighted by atomic mass is 9.99. The molecular weight excluding hydrogens is 228 g/mol. The molecule has 0 spiro atoms. The average molecular weight is 248 g/mol. The molecule has 17 heavy (non-hydrogen) atoms. The number of rotatable bonds is 4. The van der Waals surface area contributed by atoms with E-state index in [1.807, 2.05) is 19.9 Å². The van der Waals surface area contributed by atoms with Gasteiger partial charge in [0.15, 0.2) is 6.29 Å². The molecule has 5 atom stereocenters. The Bertz CT molecular complexity index is 265. The summed E-state index contributed by atoms with van der Waals surface area (Å²) in [6.45, 7) is 3.50. The van der Waals surface area contributed by atoms with Gasteiger partial charge >= 0.3 is 0 Å². The Morgan fingerprint density at radius 2 is 1.88 bits per heavy atom. The summed E-state index contributed by atoms with van der Waals surface area (Å²) >= 11 is 0. The van der Waals surface area contributed by atoms with Crippen LogP contribution in [-0.2, 0) is 9.47 Å². The quantitative estimate of drug-likeness (QED) is 0.465. The Kier molecular flexibility index (Phi) is 5.51. The lowest BCUT2D eigenvalue weighted by Crippen LogP contribution is -2.59. The van der Waals surface area contributed by atoms with Gasteiger partial charge in [-0.3, -0.25) is 0 Å². The van der Waals surface area contributed by atoms with E-state index in [1.165, 1.54) is 0 Å². The van der Waals surface area contributed by atoms with Crippen molar-refractivity contribution in [2.24, 2.45) is 0 Å². The summed E-state index contributed by atoms with van der Waals surface area (Å²) < 4.78 is 10.4. The minimum atomic E-state index is -1.39. The predicted molar refractivity (Wildman–Crippen MR) is 59.2 cm³/mol. The zero-order chi connectivity index (χ0) is 13.0. The van der Waals surface area contributed by atoms with Crippen molar-refractivity contribution in [3.05, 3.63) is 11.6 Å². The molecular formula is C11H20O6. The van der Waals surface area contributed by atoms with Gasteiger partial charge < -0.3 is 29.9 Å². The SMILES string of the molecule is C/C=C(\C)CO[C@@H]1O[C@H](CO)[C@@H](O)[C@H](O)[C@H]1O. The van der Waals surface area contributed by atoms with Gasteiger partial charge in [0, 0.05) is 0 Å². The number of allylic oxidation sites excluding steroid dienone is 1. The summed E-state index contributed by atoms with van der Waals surface area (Å²) in [5.41, 5.74) is 0.946. The highest BCUT2D eigenvalue weighted by Gasteiger charge is 2.43. The van der Waals surface area contributed by atoms with Crippen molar-refractivity contribution in [3.63, 3.8) is 0 Å². The second-order valence-corrected chi connectivity index (χ2v) is 4.14. The Morgan fingerprint density at radius 1 is 1.24 bits per heavy atom. The van der Waals surface area contributed by atoms with E-state index < -0.39 is 37.3 Å². The monoisotopic (exact) mass is 248 g/mol. The topological polar surface area (TPSA) is 99.4 Å². The average Bonchev–Trinajstić information content (AvgIpc) is 2.34. The highest BCUT2D eigenvalue weighted by Crippen LogP contribution is 2.22. The van der Waals surface area contributed by atoms with E-state index in [1.54, 1.807) is 0 Å². The Labute approximate surface area is 100 Å². The molecule has 0 aromatic rings. The number of aliphatic hydroxyl groups is 4. The molecule has 0 aliphatic carbocycles. The molecule has 1 aliphatic heterocycles. The summed E-state index contributed by atoms with van der Waals surface area (Å²) in [5.74, 6) is 0. The van der Waals surface area contributed by atoms with Gasteiger partial charge in [-0.15, -0.1) is 0 Å². The largest absolute Gasteiger partial charge is 0.394 e. The summed E-state index contributed by atoms with van der Waals surface area (Å²) in [6, 6.07) is 0. The fourth-order valence-corrected chi connectivity index (χ4v) is 1.50. The van der Waals surface area contributed by atoms with Gasteiger partial charge in [0.05, 0.1) is 13.2 Å². The van der Waals surface area contributed by atoms with Crippen molar-refractivity contribution in [1.29, 1.82) is 0 Å². The molecule has 6 heteroatoms. The summed E-state index contributed by atoms with van der Waals surface area (Å²) in [4.78, 5) is 0. The van der Waals surface area contributed by atoms with Gasteiger partial charge in [-0.2, -0.15) is 0 Å². The first-order chi connectivity index (χ1) is 8.01. The smallest absolute Gasteiger partial charge is 0.187 e. The lowest BCUT2D eigenvalue weighted by molar-refractivity contribution is -0.299. The third-order valence-corrected chi connectivity index (χ3v) is 2.82. The third-order valence-electron chi connectivity index (χ3n) is 2.82. The molecule has 0 unspecified atom stereocenters. The maximum atomic E-state index is 9.65. The standard InChI is InChI=1S/C11H20O6/c1-3-6(2)5-16-11-10(15)9(14)8(13)7(4-12)17-11/h3,7-15H,4-5H2,1-2H3/b6-3+/t7-,8-,9+,10-,11-/m1/s1. The fourth-order valence-electron chi connectivity index (χ4n) is 1.50. The summed E-state index contributed by atoms with van der Waals surface area (Å²) in [5, 5.41) is 37.6. The van der Waals surface area contributed by atoms with E-state index in [0.717, 1.165) is 5.57 Å². The number of aliphatic hydroxyl groups excluding tert-OH is 4. The van der Waals surface area contributed by atoms with Crippen LogP contribution in [0.1, 0.15) is 13.8 Å². The van der Waals surface area contributed by atoms with Crippen LogP contribution < -0.4 is 0 Å². The van der Waals surface area contributed by atoms with Crippen molar-refractivity contribution in [2.75, 3.05) is 13.2 Å². The van der Waals surface area contributed by atoms with E-state index in [2.05, 4.69) is 0 Å². The van der Waals surface area contributed by atoms with Crippen LogP contribution in [0.4, 0.5) is 0 Å². The number of hydrogen-bond acceptors (Lipinski definition) is 6. The normalized spacial score (nSPS) is 39.4. The zero-order valence-corrected chi connectivity index (χ0v) is 9.98. The first-order valence-corrected chi connectivity index (χ1v) is 5.55. The molecule has 0 aromatic heterocycles. The number of ether oxygens (including phenoxy) is 2. The molecule has 1 rings (SSSR count). The first kappa shape index (κ1) is 14.6. The van der Waals surface area contributed by atoms with Crippen molar-refractivity contribution in [2.45, 2.75) is 44.6 Å². The van der Waals surface area contributed by atoms with Gasteiger partial charge in [-0.05, 0) is 13.8 Å². The van der Waals surface area contributed by atoms with Gasteiger partial charge in [-0.25, -0.2) is 0 Å². The molecule has 1 heterocycles. The highest BCUT2D eigenvalue weighted by molar-refractivity contribution is 4.96. The van der Waals surface area contributed by atoms with Gasteiger partial charge in [-0.1, -0.05) is 11.6 Å². The Balaban J connectivity index is 2.59. The van der Waals surface area contributed by atoms with Gasteiger partial charge in [0.1, 0.15) is 24.4 Å². The van der Waals surface area contributed by atoms with Crippen LogP contribution in [0.5, 0.6) is 0 Å². The van der Waals surface area contributed by atoms with Crippen molar-refractivity contribution in [3.8, 4) is 0 Å². The first-order valence-electron chi connectivity index (χ1n) is 5.55. The van der Waals surface area contributed by atoms with Crippen LogP contribution in [0.3, 0.4) is 0 Å². The van der Waals surface area contributed by atoms with Gasteiger partial charge in [0.25, 0.3) is 0 Å². The minimum Gasteiger partial charge on any atom is -0.394 e. The predicted octanol–water partition coefficient (Wildman–Crippen LogP) is -1.23. The molecule has 4 N–H and O–H groups in total. The number of hydrogen-bond donors (Lipinski definition) is 4. The molecule has 0 amide bonds. The van der Waals surface area contributed by atoms with Crippen LogP contribution in [0.2, 0.25) is 0 Å². The lowest BCUT2D eigenvalue weighted by Gasteiger charge is -2.39. The summed E-state index contributed by atoms with van der Waals surface area (Å²) in [6.07, 6.45) is -4.21. The van der Waals surface area contributed by atoms with E-state index in [0.29, 0.717) is 0 Å². The molecule has 1 saturated heterocycles. The van der Waals surface area contributed by atoms with Crippen molar-refractivity contribution in [1.82, 2.24) is 0 Å². The summed E-state index contributed by atoms with van der Waals surface area (Å²) in [7, 11) is 0. The maximum absolute atomic E-state index is 9.65. The zero-order valence-electron chi connectivity index (χ0n) is 9.98. The van der Waals surface area contributed by atoms with Crippen LogP contribution in [-0.4, -0.2) is 64.3 Å². The van der Waals surface area contributed by atoms with Crippen molar-refractivity contribution < 1.29 is 29.9 Å². The van der Waals surface area contributed by atoms with Crippen LogP contribution >= 0.6 is 0 Å². The van der Waals surface area contributed by atoms with Gasteiger partial charge in [0.2, 0.25) is 0 Å². The molecule has 1 fully saturated rings. The Hall–Kier alpha value is -0.500. The van der Waals surface area contributed by atoms with Crippen LogP contribution in [0.25, 0.3) is 0 Å².